The molecule has 132 valence electrons. The van der Waals surface area contributed by atoms with Crippen molar-refractivity contribution in [2.45, 2.75) is 25.3 Å². The number of anilines is 2. The summed E-state index contributed by atoms with van der Waals surface area (Å²) >= 11 is 6.59. The van der Waals surface area contributed by atoms with Gasteiger partial charge in [0.25, 0.3) is 0 Å². The molecule has 0 radical (unpaired) electrons. The lowest BCUT2D eigenvalue weighted by molar-refractivity contribution is 0.615. The SMILES string of the molecule is CCCNc1nc(N(C)C)nc2c1cnn2CC(Cl)c1ccccc1. The molecule has 0 aliphatic carbocycles. The number of hydrogen-bond acceptors (Lipinski definition) is 5. The molecule has 2 heterocycles. The van der Waals surface area contributed by atoms with Crippen molar-refractivity contribution >= 4 is 34.4 Å². The third-order valence-corrected chi connectivity index (χ3v) is 4.31. The molecule has 0 bridgehead atoms. The molecular weight excluding hydrogens is 336 g/mol. The van der Waals surface area contributed by atoms with E-state index in [4.69, 9.17) is 11.6 Å². The van der Waals surface area contributed by atoms with Crippen LogP contribution in [0.4, 0.5) is 11.8 Å². The lowest BCUT2D eigenvalue weighted by Gasteiger charge is -2.14. The van der Waals surface area contributed by atoms with Crippen LogP contribution >= 0.6 is 11.6 Å². The molecule has 0 aliphatic rings. The van der Waals surface area contributed by atoms with E-state index in [2.05, 4.69) is 27.3 Å². The van der Waals surface area contributed by atoms with Gasteiger partial charge in [0.2, 0.25) is 5.95 Å². The second-order valence-electron chi connectivity index (χ2n) is 6.14. The van der Waals surface area contributed by atoms with Gasteiger partial charge in [-0.25, -0.2) is 4.68 Å². The fourth-order valence-electron chi connectivity index (χ4n) is 2.57. The summed E-state index contributed by atoms with van der Waals surface area (Å²) in [4.78, 5) is 11.2. The Bertz CT molecular complexity index is 830. The summed E-state index contributed by atoms with van der Waals surface area (Å²) in [6.07, 6.45) is 2.83. The van der Waals surface area contributed by atoms with E-state index in [-0.39, 0.29) is 5.38 Å². The van der Waals surface area contributed by atoms with Gasteiger partial charge in [-0.2, -0.15) is 15.1 Å². The molecule has 7 heteroatoms. The number of benzene rings is 1. The summed E-state index contributed by atoms with van der Waals surface area (Å²) < 4.78 is 1.85. The van der Waals surface area contributed by atoms with E-state index in [0.29, 0.717) is 12.5 Å². The van der Waals surface area contributed by atoms with Gasteiger partial charge < -0.3 is 10.2 Å². The van der Waals surface area contributed by atoms with Gasteiger partial charge >= 0.3 is 0 Å². The predicted octanol–water partition coefficient (Wildman–Crippen LogP) is 3.69. The molecule has 25 heavy (non-hydrogen) atoms. The molecule has 0 fully saturated rings. The maximum absolute atomic E-state index is 6.59. The van der Waals surface area contributed by atoms with Crippen LogP contribution in [0.25, 0.3) is 11.0 Å². The van der Waals surface area contributed by atoms with Crippen LogP contribution in [0.3, 0.4) is 0 Å². The highest BCUT2D eigenvalue weighted by Gasteiger charge is 2.16. The monoisotopic (exact) mass is 358 g/mol. The minimum absolute atomic E-state index is 0.172. The Morgan fingerprint density at radius 2 is 1.96 bits per heavy atom. The van der Waals surface area contributed by atoms with E-state index in [1.165, 1.54) is 0 Å². The molecule has 2 aromatic heterocycles. The van der Waals surface area contributed by atoms with Crippen molar-refractivity contribution in [2.24, 2.45) is 0 Å². The Labute approximate surface area is 152 Å². The number of hydrogen-bond donors (Lipinski definition) is 1. The maximum Gasteiger partial charge on any atom is 0.228 e. The Morgan fingerprint density at radius 3 is 2.64 bits per heavy atom. The number of nitrogens with one attached hydrogen (secondary N) is 1. The van der Waals surface area contributed by atoms with Crippen LogP contribution in [0.15, 0.2) is 36.5 Å². The van der Waals surface area contributed by atoms with E-state index in [1.807, 2.05) is 54.0 Å². The van der Waals surface area contributed by atoms with Crippen molar-refractivity contribution in [3.63, 3.8) is 0 Å². The first-order chi connectivity index (χ1) is 12.1. The van der Waals surface area contributed by atoms with Crippen LogP contribution in [0.2, 0.25) is 0 Å². The van der Waals surface area contributed by atoms with Crippen molar-refractivity contribution in [1.82, 2.24) is 19.7 Å². The molecule has 6 nitrogen and oxygen atoms in total. The van der Waals surface area contributed by atoms with Crippen molar-refractivity contribution in [2.75, 3.05) is 30.9 Å². The highest BCUT2D eigenvalue weighted by atomic mass is 35.5. The summed E-state index contributed by atoms with van der Waals surface area (Å²) in [7, 11) is 3.86. The number of fused-ring (bicyclic) bond motifs is 1. The topological polar surface area (TPSA) is 58.9 Å². The largest absolute Gasteiger partial charge is 0.369 e. The number of halogens is 1. The smallest absolute Gasteiger partial charge is 0.228 e. The van der Waals surface area contributed by atoms with Crippen molar-refractivity contribution in [1.29, 1.82) is 0 Å². The van der Waals surface area contributed by atoms with E-state index in [9.17, 15) is 0 Å². The van der Waals surface area contributed by atoms with Gasteiger partial charge in [-0.3, -0.25) is 0 Å². The first-order valence-corrected chi connectivity index (χ1v) is 8.87. The predicted molar refractivity (Wildman–Crippen MR) is 103 cm³/mol. The van der Waals surface area contributed by atoms with Gasteiger partial charge in [0.05, 0.1) is 23.5 Å². The number of aromatic nitrogens is 4. The molecule has 0 aliphatic heterocycles. The average Bonchev–Trinajstić information content (AvgIpc) is 3.03. The Kier molecular flexibility index (Phi) is 5.38. The van der Waals surface area contributed by atoms with E-state index >= 15 is 0 Å². The Balaban J connectivity index is 1.97. The van der Waals surface area contributed by atoms with E-state index < -0.39 is 0 Å². The van der Waals surface area contributed by atoms with Crippen LogP contribution in [-0.2, 0) is 6.54 Å². The molecule has 1 aromatic carbocycles. The summed E-state index contributed by atoms with van der Waals surface area (Å²) in [6.45, 7) is 3.53. The molecule has 3 rings (SSSR count). The fourth-order valence-corrected chi connectivity index (χ4v) is 2.85. The van der Waals surface area contributed by atoms with Crippen molar-refractivity contribution in [3.05, 3.63) is 42.1 Å². The van der Waals surface area contributed by atoms with Crippen LogP contribution in [0.1, 0.15) is 24.3 Å². The zero-order chi connectivity index (χ0) is 17.8. The summed E-state index contributed by atoms with van der Waals surface area (Å²) in [6, 6.07) is 10.0. The van der Waals surface area contributed by atoms with Crippen LogP contribution in [-0.4, -0.2) is 40.4 Å². The summed E-state index contributed by atoms with van der Waals surface area (Å²) in [5, 5.41) is 8.61. The van der Waals surface area contributed by atoms with Crippen LogP contribution < -0.4 is 10.2 Å². The molecule has 1 N–H and O–H groups in total. The van der Waals surface area contributed by atoms with Gasteiger partial charge in [-0.15, -0.1) is 11.6 Å². The van der Waals surface area contributed by atoms with E-state index in [0.717, 1.165) is 35.4 Å². The zero-order valence-corrected chi connectivity index (χ0v) is 15.5. The van der Waals surface area contributed by atoms with Gasteiger partial charge in [0, 0.05) is 20.6 Å². The standard InChI is InChI=1S/C18H23ClN6/c1-4-10-20-16-14-11-21-25(17(14)23-18(22-16)24(2)3)12-15(19)13-8-6-5-7-9-13/h5-9,11,15H,4,10,12H2,1-3H3,(H,20,22,23). The van der Waals surface area contributed by atoms with Crippen molar-refractivity contribution < 1.29 is 0 Å². The second kappa shape index (κ2) is 7.70. The average molecular weight is 359 g/mol. The molecular formula is C18H23ClN6. The second-order valence-corrected chi connectivity index (χ2v) is 6.66. The quantitative estimate of drug-likeness (QED) is 0.653. The summed E-state index contributed by atoms with van der Waals surface area (Å²) in [5.41, 5.74) is 1.86. The highest BCUT2D eigenvalue weighted by Crippen LogP contribution is 2.27. The van der Waals surface area contributed by atoms with Crippen LogP contribution in [0, 0.1) is 0 Å². The zero-order valence-electron chi connectivity index (χ0n) is 14.8. The molecule has 0 saturated heterocycles. The normalized spacial score (nSPS) is 12.3. The lowest BCUT2D eigenvalue weighted by Crippen LogP contribution is -2.15. The van der Waals surface area contributed by atoms with Gasteiger partial charge in [0.1, 0.15) is 5.82 Å². The number of alkyl halides is 1. The molecule has 0 spiro atoms. The van der Waals surface area contributed by atoms with Gasteiger partial charge in [0.15, 0.2) is 5.65 Å². The molecule has 3 aromatic rings. The maximum atomic E-state index is 6.59. The number of rotatable bonds is 7. The lowest BCUT2D eigenvalue weighted by atomic mass is 10.1. The minimum Gasteiger partial charge on any atom is -0.369 e. The molecule has 1 unspecified atom stereocenters. The van der Waals surface area contributed by atoms with Crippen molar-refractivity contribution in [3.8, 4) is 0 Å². The third kappa shape index (κ3) is 3.85. The molecule has 0 saturated carbocycles. The Hall–Kier alpha value is -2.34. The number of nitrogens with zero attached hydrogens (tertiary/aromatic N) is 5. The highest BCUT2D eigenvalue weighted by molar-refractivity contribution is 6.20. The van der Waals surface area contributed by atoms with Gasteiger partial charge in [-0.1, -0.05) is 37.3 Å². The van der Waals surface area contributed by atoms with Crippen LogP contribution in [0.5, 0.6) is 0 Å². The molecule has 1 atom stereocenters. The molecule has 0 amide bonds. The third-order valence-electron chi connectivity index (χ3n) is 3.92. The fraction of sp³-hybridized carbons (Fsp3) is 0.389. The van der Waals surface area contributed by atoms with E-state index in [1.54, 1.807) is 6.20 Å². The Morgan fingerprint density at radius 1 is 1.20 bits per heavy atom. The van der Waals surface area contributed by atoms with Gasteiger partial charge in [-0.05, 0) is 12.0 Å². The summed E-state index contributed by atoms with van der Waals surface area (Å²) in [5.74, 6) is 1.46. The first-order valence-electron chi connectivity index (χ1n) is 8.44. The minimum atomic E-state index is -0.172. The first kappa shape index (κ1) is 17.5.